The molecule has 0 spiro atoms. The van der Waals surface area contributed by atoms with Gasteiger partial charge in [-0.1, -0.05) is 0 Å². The molecule has 2 rings (SSSR count). The predicted octanol–water partition coefficient (Wildman–Crippen LogP) is 1.71. The van der Waals surface area contributed by atoms with Crippen molar-refractivity contribution in [1.82, 2.24) is 9.88 Å². The van der Waals surface area contributed by atoms with E-state index in [1.807, 2.05) is 0 Å². The molecule has 1 aliphatic heterocycles. The summed E-state index contributed by atoms with van der Waals surface area (Å²) in [7, 11) is 1.37. The molecule has 1 saturated heterocycles. The fourth-order valence-corrected chi connectivity index (χ4v) is 2.80. The molecule has 1 aromatic rings. The molecule has 100 valence electrons. The van der Waals surface area contributed by atoms with Crippen molar-refractivity contribution in [1.29, 1.82) is 0 Å². The Hall–Kier alpha value is -0.980. The highest BCUT2D eigenvalue weighted by atomic mass is 32.1. The number of ether oxygens (including phenoxy) is 2. The standard InChI is InChI=1S/C12H18N2O3S/c1-8(2)14-4-5-17-9(7-14)11-13-6-10(18-11)12(15)16-3/h6,8-9H,4-5,7H2,1-3H3. The smallest absolute Gasteiger partial charge is 0.349 e. The third kappa shape index (κ3) is 2.88. The van der Waals surface area contributed by atoms with E-state index >= 15 is 0 Å². The van der Waals surface area contributed by atoms with Crippen LogP contribution in [0.5, 0.6) is 0 Å². The summed E-state index contributed by atoms with van der Waals surface area (Å²) in [5, 5.41) is 0.848. The third-order valence-electron chi connectivity index (χ3n) is 3.01. The van der Waals surface area contributed by atoms with E-state index in [2.05, 4.69) is 28.5 Å². The maximum Gasteiger partial charge on any atom is 0.349 e. The zero-order valence-electron chi connectivity index (χ0n) is 10.9. The number of morpholine rings is 1. The Kier molecular flexibility index (Phi) is 4.31. The van der Waals surface area contributed by atoms with Gasteiger partial charge in [0.1, 0.15) is 16.0 Å². The highest BCUT2D eigenvalue weighted by Crippen LogP contribution is 2.27. The van der Waals surface area contributed by atoms with Gasteiger partial charge in [0.05, 0.1) is 19.9 Å². The van der Waals surface area contributed by atoms with Crippen LogP contribution in [0.2, 0.25) is 0 Å². The van der Waals surface area contributed by atoms with Crippen LogP contribution >= 0.6 is 11.3 Å². The van der Waals surface area contributed by atoms with Crippen LogP contribution in [0.3, 0.4) is 0 Å². The quantitative estimate of drug-likeness (QED) is 0.783. The fourth-order valence-electron chi connectivity index (χ4n) is 1.92. The Balaban J connectivity index is 2.07. The van der Waals surface area contributed by atoms with Crippen molar-refractivity contribution in [3.63, 3.8) is 0 Å². The number of hydrogen-bond acceptors (Lipinski definition) is 6. The number of nitrogens with zero attached hydrogens (tertiary/aromatic N) is 2. The van der Waals surface area contributed by atoms with Gasteiger partial charge >= 0.3 is 5.97 Å². The van der Waals surface area contributed by atoms with Crippen LogP contribution in [0.1, 0.15) is 34.6 Å². The van der Waals surface area contributed by atoms with Gasteiger partial charge < -0.3 is 9.47 Å². The topological polar surface area (TPSA) is 51.7 Å². The van der Waals surface area contributed by atoms with Crippen LogP contribution in [0.25, 0.3) is 0 Å². The van der Waals surface area contributed by atoms with E-state index < -0.39 is 0 Å². The second-order valence-corrected chi connectivity index (χ2v) is 5.56. The molecular weight excluding hydrogens is 252 g/mol. The summed E-state index contributed by atoms with van der Waals surface area (Å²) in [6.07, 6.45) is 1.52. The molecule has 0 amide bonds. The van der Waals surface area contributed by atoms with Crippen LogP contribution in [0.15, 0.2) is 6.20 Å². The predicted molar refractivity (Wildman–Crippen MR) is 68.9 cm³/mol. The van der Waals surface area contributed by atoms with Gasteiger partial charge in [-0.3, -0.25) is 4.90 Å². The lowest BCUT2D eigenvalue weighted by Gasteiger charge is -2.34. The summed E-state index contributed by atoms with van der Waals surface area (Å²) in [6, 6.07) is 0.497. The van der Waals surface area contributed by atoms with Crippen molar-refractivity contribution in [2.24, 2.45) is 0 Å². The molecule has 1 unspecified atom stereocenters. The maximum absolute atomic E-state index is 11.4. The minimum absolute atomic E-state index is 0.0374. The van der Waals surface area contributed by atoms with E-state index in [0.29, 0.717) is 17.5 Å². The van der Waals surface area contributed by atoms with Crippen LogP contribution in [0.4, 0.5) is 0 Å². The first-order valence-electron chi connectivity index (χ1n) is 6.01. The van der Waals surface area contributed by atoms with Crippen molar-refractivity contribution >= 4 is 17.3 Å². The first kappa shape index (κ1) is 13.5. The molecular formula is C12H18N2O3S. The van der Waals surface area contributed by atoms with Gasteiger partial charge in [0.25, 0.3) is 0 Å². The van der Waals surface area contributed by atoms with Gasteiger partial charge in [-0.25, -0.2) is 9.78 Å². The van der Waals surface area contributed by atoms with Gasteiger partial charge in [-0.05, 0) is 13.8 Å². The highest BCUT2D eigenvalue weighted by molar-refractivity contribution is 7.13. The van der Waals surface area contributed by atoms with Gasteiger partial charge in [0.2, 0.25) is 0 Å². The number of rotatable bonds is 3. The van der Waals surface area contributed by atoms with E-state index in [9.17, 15) is 4.79 Å². The zero-order valence-corrected chi connectivity index (χ0v) is 11.7. The molecule has 18 heavy (non-hydrogen) atoms. The Bertz CT molecular complexity index is 419. The van der Waals surface area contributed by atoms with E-state index in [0.717, 1.165) is 18.1 Å². The molecule has 0 bridgehead atoms. The Labute approximate surface area is 111 Å². The first-order chi connectivity index (χ1) is 8.61. The van der Waals surface area contributed by atoms with Gasteiger partial charge in [0, 0.05) is 19.1 Å². The first-order valence-corrected chi connectivity index (χ1v) is 6.83. The SMILES string of the molecule is COC(=O)c1cnc(C2CN(C(C)C)CCO2)s1. The molecule has 1 atom stereocenters. The summed E-state index contributed by atoms with van der Waals surface area (Å²) in [5.74, 6) is -0.338. The van der Waals surface area contributed by atoms with Crippen LogP contribution < -0.4 is 0 Å². The van der Waals surface area contributed by atoms with Gasteiger partial charge in [0.15, 0.2) is 0 Å². The normalized spacial score (nSPS) is 21.2. The summed E-state index contributed by atoms with van der Waals surface area (Å²) in [4.78, 5) is 18.5. The van der Waals surface area contributed by atoms with Gasteiger partial charge in [-0.15, -0.1) is 11.3 Å². The summed E-state index contributed by atoms with van der Waals surface area (Å²) in [6.45, 7) is 6.82. The number of hydrogen-bond donors (Lipinski definition) is 0. The second-order valence-electron chi connectivity index (χ2n) is 4.50. The minimum Gasteiger partial charge on any atom is -0.465 e. The number of methoxy groups -OCH3 is 1. The molecule has 0 aromatic carbocycles. The van der Waals surface area contributed by atoms with Crippen molar-refractivity contribution in [3.05, 3.63) is 16.1 Å². The minimum atomic E-state index is -0.338. The molecule has 1 aliphatic rings. The summed E-state index contributed by atoms with van der Waals surface area (Å²) in [5.41, 5.74) is 0. The van der Waals surface area contributed by atoms with Crippen LogP contribution in [0, 0.1) is 0 Å². The summed E-state index contributed by atoms with van der Waals surface area (Å²) >= 11 is 1.35. The van der Waals surface area contributed by atoms with Crippen molar-refractivity contribution in [3.8, 4) is 0 Å². The Morgan fingerprint density at radius 1 is 1.67 bits per heavy atom. The number of esters is 1. The average molecular weight is 270 g/mol. The highest BCUT2D eigenvalue weighted by Gasteiger charge is 2.26. The molecule has 1 fully saturated rings. The van der Waals surface area contributed by atoms with E-state index in [-0.39, 0.29) is 12.1 Å². The van der Waals surface area contributed by atoms with E-state index in [1.165, 1.54) is 18.4 Å². The van der Waals surface area contributed by atoms with E-state index in [1.54, 1.807) is 6.20 Å². The van der Waals surface area contributed by atoms with Crippen LogP contribution in [-0.4, -0.2) is 48.7 Å². The van der Waals surface area contributed by atoms with Crippen LogP contribution in [-0.2, 0) is 9.47 Å². The molecule has 0 N–H and O–H groups in total. The van der Waals surface area contributed by atoms with Crippen molar-refractivity contribution < 1.29 is 14.3 Å². The number of carbonyl (C=O) groups excluding carboxylic acids is 1. The molecule has 0 saturated carbocycles. The molecule has 0 aliphatic carbocycles. The molecule has 0 radical (unpaired) electrons. The zero-order chi connectivity index (χ0) is 13.1. The third-order valence-corrected chi connectivity index (χ3v) is 4.08. The number of aromatic nitrogens is 1. The number of carbonyl (C=O) groups is 1. The Morgan fingerprint density at radius 2 is 2.44 bits per heavy atom. The molecule has 6 heteroatoms. The molecule has 2 heterocycles. The van der Waals surface area contributed by atoms with Crippen molar-refractivity contribution in [2.45, 2.75) is 26.0 Å². The average Bonchev–Trinajstić information content (AvgIpc) is 2.87. The Morgan fingerprint density at radius 3 is 3.11 bits per heavy atom. The van der Waals surface area contributed by atoms with E-state index in [4.69, 9.17) is 4.74 Å². The summed E-state index contributed by atoms with van der Waals surface area (Å²) < 4.78 is 10.4. The molecule has 5 nitrogen and oxygen atoms in total. The number of thiazole rings is 1. The lowest BCUT2D eigenvalue weighted by molar-refractivity contribution is -0.0402. The lowest BCUT2D eigenvalue weighted by Crippen LogP contribution is -2.42. The fraction of sp³-hybridized carbons (Fsp3) is 0.667. The second kappa shape index (κ2) is 5.77. The van der Waals surface area contributed by atoms with Gasteiger partial charge in [-0.2, -0.15) is 0 Å². The molecule has 1 aromatic heterocycles. The largest absolute Gasteiger partial charge is 0.465 e. The monoisotopic (exact) mass is 270 g/mol. The maximum atomic E-state index is 11.4. The lowest BCUT2D eigenvalue weighted by atomic mass is 10.2. The van der Waals surface area contributed by atoms with Crippen molar-refractivity contribution in [2.75, 3.05) is 26.8 Å².